The fourth-order valence-electron chi connectivity index (χ4n) is 3.48. The number of hydrogen-bond acceptors (Lipinski definition) is 3. The highest BCUT2D eigenvalue weighted by atomic mass is 19.1. The Labute approximate surface area is 155 Å². The summed E-state index contributed by atoms with van der Waals surface area (Å²) in [6.07, 6.45) is 9.76. The molecule has 0 aromatic heterocycles. The SMILES string of the molecule is CCCCc1ccc(OC(=O)C2CCC(CC/C=C(/F)C#N)CC2)cc1. The van der Waals surface area contributed by atoms with Gasteiger partial charge in [-0.15, -0.1) is 0 Å². The second-order valence-corrected chi connectivity index (χ2v) is 7.13. The molecular formula is C22H28FNO2. The van der Waals surface area contributed by atoms with Gasteiger partial charge >= 0.3 is 5.97 Å². The first kappa shape index (κ1) is 20.2. The molecule has 0 aliphatic heterocycles. The molecule has 0 heterocycles. The average Bonchev–Trinajstić information content (AvgIpc) is 2.67. The van der Waals surface area contributed by atoms with Crippen LogP contribution < -0.4 is 4.74 Å². The molecular weight excluding hydrogens is 329 g/mol. The molecule has 0 amide bonds. The number of unbranched alkanes of at least 4 members (excludes halogenated alkanes) is 1. The van der Waals surface area contributed by atoms with Gasteiger partial charge in [0.05, 0.1) is 5.92 Å². The summed E-state index contributed by atoms with van der Waals surface area (Å²) < 4.78 is 18.3. The maximum Gasteiger partial charge on any atom is 0.314 e. The van der Waals surface area contributed by atoms with Crippen molar-refractivity contribution in [3.8, 4) is 11.8 Å². The van der Waals surface area contributed by atoms with Gasteiger partial charge in [-0.25, -0.2) is 0 Å². The fourth-order valence-corrected chi connectivity index (χ4v) is 3.48. The Kier molecular flexibility index (Phi) is 8.34. The first-order valence-electron chi connectivity index (χ1n) is 9.68. The van der Waals surface area contributed by atoms with Gasteiger partial charge in [0.25, 0.3) is 0 Å². The van der Waals surface area contributed by atoms with E-state index in [1.54, 1.807) is 0 Å². The second-order valence-electron chi connectivity index (χ2n) is 7.13. The summed E-state index contributed by atoms with van der Waals surface area (Å²) in [6, 6.07) is 9.32. The lowest BCUT2D eigenvalue weighted by Crippen LogP contribution is -2.25. The number of benzene rings is 1. The highest BCUT2D eigenvalue weighted by Gasteiger charge is 2.27. The van der Waals surface area contributed by atoms with Crippen molar-refractivity contribution in [2.45, 2.75) is 64.7 Å². The molecule has 1 saturated carbocycles. The number of rotatable bonds is 8. The molecule has 1 aliphatic carbocycles. The first-order valence-corrected chi connectivity index (χ1v) is 9.68. The van der Waals surface area contributed by atoms with E-state index >= 15 is 0 Å². The number of halogens is 1. The van der Waals surface area contributed by atoms with Crippen molar-refractivity contribution in [2.24, 2.45) is 11.8 Å². The highest BCUT2D eigenvalue weighted by Crippen LogP contribution is 2.32. The number of carbonyl (C=O) groups is 1. The highest BCUT2D eigenvalue weighted by molar-refractivity contribution is 5.75. The van der Waals surface area contributed by atoms with Crippen molar-refractivity contribution in [1.29, 1.82) is 5.26 Å². The quantitative estimate of drug-likeness (QED) is 0.331. The Morgan fingerprint density at radius 3 is 2.58 bits per heavy atom. The lowest BCUT2D eigenvalue weighted by Gasteiger charge is -2.26. The lowest BCUT2D eigenvalue weighted by atomic mass is 9.80. The largest absolute Gasteiger partial charge is 0.426 e. The smallest absolute Gasteiger partial charge is 0.314 e. The minimum Gasteiger partial charge on any atom is -0.426 e. The molecule has 1 fully saturated rings. The van der Waals surface area contributed by atoms with Gasteiger partial charge in [0, 0.05) is 0 Å². The summed E-state index contributed by atoms with van der Waals surface area (Å²) in [5, 5.41) is 8.40. The van der Waals surface area contributed by atoms with E-state index in [4.69, 9.17) is 10.00 Å². The third-order valence-electron chi connectivity index (χ3n) is 5.15. The van der Waals surface area contributed by atoms with Gasteiger partial charge in [-0.2, -0.15) is 9.65 Å². The number of esters is 1. The van der Waals surface area contributed by atoms with Gasteiger partial charge in [-0.3, -0.25) is 4.79 Å². The minimum atomic E-state index is -0.706. The van der Waals surface area contributed by atoms with E-state index in [0.717, 1.165) is 38.5 Å². The summed E-state index contributed by atoms with van der Waals surface area (Å²) in [6.45, 7) is 2.17. The van der Waals surface area contributed by atoms with Crippen LogP contribution >= 0.6 is 0 Å². The average molecular weight is 357 g/mol. The Morgan fingerprint density at radius 1 is 1.27 bits per heavy atom. The summed E-state index contributed by atoms with van der Waals surface area (Å²) >= 11 is 0. The molecule has 4 heteroatoms. The number of hydrogen-bond donors (Lipinski definition) is 0. The van der Waals surface area contributed by atoms with Crippen LogP contribution in [0.4, 0.5) is 4.39 Å². The first-order chi connectivity index (χ1) is 12.6. The number of ether oxygens (including phenoxy) is 1. The zero-order valence-electron chi connectivity index (χ0n) is 15.5. The topological polar surface area (TPSA) is 50.1 Å². The van der Waals surface area contributed by atoms with Crippen molar-refractivity contribution >= 4 is 5.97 Å². The molecule has 3 nitrogen and oxygen atoms in total. The van der Waals surface area contributed by atoms with E-state index in [2.05, 4.69) is 6.92 Å². The van der Waals surface area contributed by atoms with E-state index in [9.17, 15) is 9.18 Å². The third-order valence-corrected chi connectivity index (χ3v) is 5.15. The normalized spacial score (nSPS) is 20.4. The van der Waals surface area contributed by atoms with E-state index in [1.165, 1.54) is 30.6 Å². The number of nitrogens with zero attached hydrogens (tertiary/aromatic N) is 1. The van der Waals surface area contributed by atoms with Gasteiger partial charge < -0.3 is 4.74 Å². The maximum atomic E-state index is 12.8. The summed E-state index contributed by atoms with van der Waals surface area (Å²) in [4.78, 5) is 12.4. The molecule has 0 saturated heterocycles. The van der Waals surface area contributed by atoms with Crippen LogP contribution in [0.2, 0.25) is 0 Å². The molecule has 0 radical (unpaired) electrons. The van der Waals surface area contributed by atoms with E-state index in [1.807, 2.05) is 24.3 Å². The van der Waals surface area contributed by atoms with Gasteiger partial charge in [0.2, 0.25) is 0 Å². The van der Waals surface area contributed by atoms with E-state index in [-0.39, 0.29) is 11.9 Å². The molecule has 1 aromatic rings. The van der Waals surface area contributed by atoms with Gasteiger partial charge in [0.1, 0.15) is 11.8 Å². The van der Waals surface area contributed by atoms with Gasteiger partial charge in [-0.05, 0) is 81.1 Å². The third kappa shape index (κ3) is 6.63. The van der Waals surface area contributed by atoms with Crippen LogP contribution in [0, 0.1) is 23.2 Å². The molecule has 0 bridgehead atoms. The molecule has 1 aromatic carbocycles. The van der Waals surface area contributed by atoms with Crippen molar-refractivity contribution in [2.75, 3.05) is 0 Å². The standard InChI is InChI=1S/C22H28FNO2/c1-2-3-5-17-10-14-21(15-11-17)26-22(25)19-12-8-18(9-13-19)6-4-7-20(23)16-24/h7,10-11,14-15,18-19H,2-6,8-9,12-13H2,1H3/b20-7+. The number of nitriles is 1. The molecule has 2 rings (SSSR count). The van der Waals surface area contributed by atoms with Crippen LogP contribution in [-0.4, -0.2) is 5.97 Å². The Morgan fingerprint density at radius 2 is 1.96 bits per heavy atom. The van der Waals surface area contributed by atoms with Crippen LogP contribution in [0.15, 0.2) is 36.2 Å². The van der Waals surface area contributed by atoms with Crippen molar-refractivity contribution in [3.05, 3.63) is 41.7 Å². The Balaban J connectivity index is 1.73. The van der Waals surface area contributed by atoms with Crippen LogP contribution in [0.25, 0.3) is 0 Å². The molecule has 0 N–H and O–H groups in total. The molecule has 140 valence electrons. The van der Waals surface area contributed by atoms with E-state index < -0.39 is 5.83 Å². The zero-order valence-corrected chi connectivity index (χ0v) is 15.5. The molecule has 1 aliphatic rings. The number of carbonyl (C=O) groups excluding carboxylic acids is 1. The monoisotopic (exact) mass is 357 g/mol. The van der Waals surface area contributed by atoms with E-state index in [0.29, 0.717) is 18.1 Å². The predicted octanol–water partition coefficient (Wildman–Crippen LogP) is 5.90. The number of aryl methyl sites for hydroxylation is 1. The minimum absolute atomic E-state index is 0.0441. The molecule has 0 atom stereocenters. The van der Waals surface area contributed by atoms with Crippen LogP contribution in [0.3, 0.4) is 0 Å². The zero-order chi connectivity index (χ0) is 18.8. The molecule has 0 spiro atoms. The maximum absolute atomic E-state index is 12.8. The van der Waals surface area contributed by atoms with Crippen molar-refractivity contribution in [3.63, 3.8) is 0 Å². The van der Waals surface area contributed by atoms with Crippen molar-refractivity contribution < 1.29 is 13.9 Å². The van der Waals surface area contributed by atoms with Crippen LogP contribution in [0.5, 0.6) is 5.75 Å². The Hall–Kier alpha value is -2.15. The predicted molar refractivity (Wildman–Crippen MR) is 100 cm³/mol. The fraction of sp³-hybridized carbons (Fsp3) is 0.545. The van der Waals surface area contributed by atoms with Gasteiger partial charge in [0.15, 0.2) is 5.83 Å². The second kappa shape index (κ2) is 10.8. The van der Waals surface area contributed by atoms with Gasteiger partial charge in [-0.1, -0.05) is 25.5 Å². The van der Waals surface area contributed by atoms with Crippen LogP contribution in [0.1, 0.15) is 63.9 Å². The molecule has 26 heavy (non-hydrogen) atoms. The van der Waals surface area contributed by atoms with Crippen molar-refractivity contribution in [1.82, 2.24) is 0 Å². The lowest BCUT2D eigenvalue weighted by molar-refractivity contribution is -0.140. The Bertz CT molecular complexity index is 637. The van der Waals surface area contributed by atoms with Crippen LogP contribution in [-0.2, 0) is 11.2 Å². The summed E-state index contributed by atoms with van der Waals surface area (Å²) in [7, 11) is 0. The summed E-state index contributed by atoms with van der Waals surface area (Å²) in [5.41, 5.74) is 1.27. The summed E-state index contributed by atoms with van der Waals surface area (Å²) in [5.74, 6) is 0.231. The number of allylic oxidation sites excluding steroid dienone is 2. The molecule has 0 unspecified atom stereocenters.